The van der Waals surface area contributed by atoms with E-state index < -0.39 is 6.10 Å². The van der Waals surface area contributed by atoms with Gasteiger partial charge in [0.2, 0.25) is 0 Å². The maximum atomic E-state index is 13.9. The third-order valence-corrected chi connectivity index (χ3v) is 4.65. The van der Waals surface area contributed by atoms with Crippen LogP contribution in [0, 0.1) is 5.82 Å². The molecule has 1 N–H and O–H groups in total. The highest BCUT2D eigenvalue weighted by Crippen LogP contribution is 2.24. The van der Waals surface area contributed by atoms with Crippen molar-refractivity contribution in [2.45, 2.75) is 18.7 Å². The molecule has 4 nitrogen and oxygen atoms in total. The van der Waals surface area contributed by atoms with Crippen LogP contribution in [0.25, 0.3) is 0 Å². The molecule has 2 aliphatic heterocycles. The predicted molar refractivity (Wildman–Crippen MR) is 78.9 cm³/mol. The molecule has 3 rings (SSSR count). The highest BCUT2D eigenvalue weighted by Gasteiger charge is 2.36. The van der Waals surface area contributed by atoms with Crippen molar-refractivity contribution in [2.75, 3.05) is 39.4 Å². The molecule has 2 heterocycles. The molecule has 1 aromatic rings. The summed E-state index contributed by atoms with van der Waals surface area (Å²) in [5.41, 5.74) is 0.508. The van der Waals surface area contributed by atoms with Gasteiger partial charge < -0.3 is 9.84 Å². The molecule has 0 aromatic heterocycles. The van der Waals surface area contributed by atoms with Crippen molar-refractivity contribution >= 4 is 11.6 Å². The van der Waals surface area contributed by atoms with E-state index in [-0.39, 0.29) is 11.9 Å². The van der Waals surface area contributed by atoms with E-state index in [0.717, 1.165) is 19.6 Å². The summed E-state index contributed by atoms with van der Waals surface area (Å²) in [5.74, 6) is -0.285. The largest absolute Gasteiger partial charge is 0.390 e. The minimum absolute atomic E-state index is 0.0967. The van der Waals surface area contributed by atoms with Crippen molar-refractivity contribution < 1.29 is 14.2 Å². The molecule has 1 aromatic carbocycles. The molecule has 0 unspecified atom stereocenters. The van der Waals surface area contributed by atoms with Gasteiger partial charge in [-0.25, -0.2) is 4.39 Å². The fourth-order valence-electron chi connectivity index (χ4n) is 3.15. The minimum Gasteiger partial charge on any atom is -0.390 e. The Morgan fingerprint density at radius 3 is 2.76 bits per heavy atom. The standard InChI is InChI=1S/C15H20ClFN2O2/c16-12-2-1-3-13(17)11(12)8-18-9-14(15(20)10-18)19-4-6-21-7-5-19/h1-3,14-15,20H,4-10H2/t14-,15-/m0/s1. The quantitative estimate of drug-likeness (QED) is 0.914. The van der Waals surface area contributed by atoms with Crippen LogP contribution in [-0.4, -0.2) is 66.4 Å². The van der Waals surface area contributed by atoms with Gasteiger partial charge in [-0.2, -0.15) is 0 Å². The average molecular weight is 315 g/mol. The van der Waals surface area contributed by atoms with Gasteiger partial charge >= 0.3 is 0 Å². The summed E-state index contributed by atoms with van der Waals surface area (Å²) >= 11 is 6.07. The van der Waals surface area contributed by atoms with Gasteiger partial charge in [-0.3, -0.25) is 9.80 Å². The van der Waals surface area contributed by atoms with E-state index in [4.69, 9.17) is 16.3 Å². The zero-order valence-electron chi connectivity index (χ0n) is 11.8. The monoisotopic (exact) mass is 314 g/mol. The number of aliphatic hydroxyl groups is 1. The summed E-state index contributed by atoms with van der Waals surface area (Å²) in [7, 11) is 0. The van der Waals surface area contributed by atoms with Crippen LogP contribution in [0.5, 0.6) is 0 Å². The summed E-state index contributed by atoms with van der Waals surface area (Å²) in [6.07, 6.45) is -0.409. The second kappa shape index (κ2) is 6.58. The molecule has 21 heavy (non-hydrogen) atoms. The highest BCUT2D eigenvalue weighted by molar-refractivity contribution is 6.31. The number of nitrogens with zero attached hydrogens (tertiary/aromatic N) is 2. The zero-order valence-corrected chi connectivity index (χ0v) is 12.6. The lowest BCUT2D eigenvalue weighted by Gasteiger charge is -2.33. The zero-order chi connectivity index (χ0) is 14.8. The molecule has 2 fully saturated rings. The van der Waals surface area contributed by atoms with Gasteiger partial charge in [-0.1, -0.05) is 17.7 Å². The number of hydrogen-bond donors (Lipinski definition) is 1. The fourth-order valence-corrected chi connectivity index (χ4v) is 3.37. The van der Waals surface area contributed by atoms with E-state index in [9.17, 15) is 9.50 Å². The van der Waals surface area contributed by atoms with E-state index >= 15 is 0 Å². The van der Waals surface area contributed by atoms with Crippen LogP contribution in [0.2, 0.25) is 5.02 Å². The Bertz CT molecular complexity index is 476. The van der Waals surface area contributed by atoms with Crippen LogP contribution in [0.15, 0.2) is 18.2 Å². The molecule has 116 valence electrons. The third-order valence-electron chi connectivity index (χ3n) is 4.29. The Kier molecular flexibility index (Phi) is 4.76. The van der Waals surface area contributed by atoms with Gasteiger partial charge in [0.1, 0.15) is 5.82 Å². The number of hydrogen-bond acceptors (Lipinski definition) is 4. The lowest BCUT2D eigenvalue weighted by atomic mass is 10.1. The molecule has 2 atom stereocenters. The molecular weight excluding hydrogens is 295 g/mol. The first-order chi connectivity index (χ1) is 10.1. The molecule has 6 heteroatoms. The van der Waals surface area contributed by atoms with Crippen molar-refractivity contribution in [3.8, 4) is 0 Å². The van der Waals surface area contributed by atoms with E-state index in [1.807, 2.05) is 0 Å². The van der Waals surface area contributed by atoms with Crippen molar-refractivity contribution in [3.63, 3.8) is 0 Å². The Labute approximate surface area is 129 Å². The molecule has 2 aliphatic rings. The molecule has 0 radical (unpaired) electrons. The van der Waals surface area contributed by atoms with Gasteiger partial charge in [0.15, 0.2) is 0 Å². The number of likely N-dealkylation sites (tertiary alicyclic amines) is 1. The number of ether oxygens (including phenoxy) is 1. The molecule has 0 amide bonds. The van der Waals surface area contributed by atoms with E-state index in [2.05, 4.69) is 9.80 Å². The van der Waals surface area contributed by atoms with Crippen LogP contribution < -0.4 is 0 Å². The van der Waals surface area contributed by atoms with Gasteiger partial charge in [-0.15, -0.1) is 0 Å². The molecule has 0 spiro atoms. The van der Waals surface area contributed by atoms with Crippen LogP contribution in [0.1, 0.15) is 5.56 Å². The minimum atomic E-state index is -0.409. The number of β-amino-alcohol motifs (C(OH)–C–C–N with tert-alkyl or cyclic N) is 1. The summed E-state index contributed by atoms with van der Waals surface area (Å²) < 4.78 is 19.2. The Morgan fingerprint density at radius 2 is 2.05 bits per heavy atom. The molecule has 0 bridgehead atoms. The van der Waals surface area contributed by atoms with Crippen molar-refractivity contribution in [1.82, 2.24) is 9.80 Å². The number of aliphatic hydroxyl groups excluding tert-OH is 1. The summed E-state index contributed by atoms with van der Waals surface area (Å²) in [4.78, 5) is 4.33. The lowest BCUT2D eigenvalue weighted by molar-refractivity contribution is -0.00618. The van der Waals surface area contributed by atoms with Crippen LogP contribution in [-0.2, 0) is 11.3 Å². The first kappa shape index (κ1) is 15.2. The number of halogens is 2. The van der Waals surface area contributed by atoms with Gasteiger partial charge in [0.25, 0.3) is 0 Å². The van der Waals surface area contributed by atoms with Crippen LogP contribution in [0.4, 0.5) is 4.39 Å². The topological polar surface area (TPSA) is 35.9 Å². The summed E-state index contributed by atoms with van der Waals surface area (Å²) in [6, 6.07) is 4.83. The van der Waals surface area contributed by atoms with Gasteiger partial charge in [0.05, 0.1) is 19.3 Å². The van der Waals surface area contributed by atoms with Crippen molar-refractivity contribution in [2.24, 2.45) is 0 Å². The molecular formula is C15H20ClFN2O2. The van der Waals surface area contributed by atoms with E-state index in [0.29, 0.717) is 36.9 Å². The van der Waals surface area contributed by atoms with Crippen LogP contribution >= 0.6 is 11.6 Å². The SMILES string of the molecule is O[C@H]1CN(Cc2c(F)cccc2Cl)C[C@@H]1N1CCOCC1. The first-order valence-electron chi connectivity index (χ1n) is 7.30. The van der Waals surface area contributed by atoms with Gasteiger partial charge in [0, 0.05) is 49.4 Å². The Hall–Kier alpha value is -0.720. The molecule has 2 saturated heterocycles. The fraction of sp³-hybridized carbons (Fsp3) is 0.600. The second-order valence-corrected chi connectivity index (χ2v) is 6.08. The number of rotatable bonds is 3. The van der Waals surface area contributed by atoms with Gasteiger partial charge in [-0.05, 0) is 12.1 Å². The van der Waals surface area contributed by atoms with E-state index in [1.165, 1.54) is 6.07 Å². The number of morpholine rings is 1. The highest BCUT2D eigenvalue weighted by atomic mass is 35.5. The predicted octanol–water partition coefficient (Wildman–Crippen LogP) is 1.36. The molecule has 0 saturated carbocycles. The Morgan fingerprint density at radius 1 is 1.29 bits per heavy atom. The Balaban J connectivity index is 1.65. The number of benzene rings is 1. The first-order valence-corrected chi connectivity index (χ1v) is 7.68. The lowest BCUT2D eigenvalue weighted by Crippen LogP contribution is -2.48. The normalized spacial score (nSPS) is 28.1. The smallest absolute Gasteiger partial charge is 0.129 e. The maximum absolute atomic E-state index is 13.9. The maximum Gasteiger partial charge on any atom is 0.129 e. The summed E-state index contributed by atoms with van der Waals surface area (Å²) in [5, 5.41) is 10.7. The average Bonchev–Trinajstić information content (AvgIpc) is 2.85. The molecule has 0 aliphatic carbocycles. The van der Waals surface area contributed by atoms with Crippen molar-refractivity contribution in [3.05, 3.63) is 34.6 Å². The van der Waals surface area contributed by atoms with Crippen LogP contribution in [0.3, 0.4) is 0 Å². The van der Waals surface area contributed by atoms with E-state index in [1.54, 1.807) is 12.1 Å². The third kappa shape index (κ3) is 3.38. The summed E-state index contributed by atoms with van der Waals surface area (Å²) in [6.45, 7) is 4.82. The van der Waals surface area contributed by atoms with Crippen molar-refractivity contribution in [1.29, 1.82) is 0 Å². The second-order valence-electron chi connectivity index (χ2n) is 5.68.